The predicted molar refractivity (Wildman–Crippen MR) is 112 cm³/mol. The Hall–Kier alpha value is -3.47. The van der Waals surface area contributed by atoms with Gasteiger partial charge in [-0.3, -0.25) is 4.79 Å². The second kappa shape index (κ2) is 8.48. The van der Waals surface area contributed by atoms with Crippen molar-refractivity contribution in [3.63, 3.8) is 0 Å². The molecule has 3 aromatic rings. The minimum Gasteiger partial charge on any atom is -0.508 e. The van der Waals surface area contributed by atoms with Crippen molar-refractivity contribution in [3.05, 3.63) is 78.4 Å². The summed E-state index contributed by atoms with van der Waals surface area (Å²) < 4.78 is 5.97. The quantitative estimate of drug-likeness (QED) is 0.609. The third-order valence-electron chi connectivity index (χ3n) is 4.55. The summed E-state index contributed by atoms with van der Waals surface area (Å²) in [5.74, 6) is 1.52. The number of para-hydroxylation sites is 2. The summed E-state index contributed by atoms with van der Waals surface area (Å²) in [5, 5.41) is 12.9. The van der Waals surface area contributed by atoms with Crippen LogP contribution in [0, 0.1) is 0 Å². The number of hydrogen-bond donors (Lipinski definition) is 2. The molecule has 5 heteroatoms. The van der Waals surface area contributed by atoms with Gasteiger partial charge in [-0.05, 0) is 61.0 Å². The first-order chi connectivity index (χ1) is 13.4. The minimum atomic E-state index is -0.00888. The Balaban J connectivity index is 1.79. The zero-order valence-corrected chi connectivity index (χ0v) is 16.2. The molecule has 1 atom stereocenters. The van der Waals surface area contributed by atoms with Crippen LogP contribution in [0.25, 0.3) is 0 Å². The van der Waals surface area contributed by atoms with Gasteiger partial charge in [0.2, 0.25) is 5.91 Å². The Morgan fingerprint density at radius 2 is 1.75 bits per heavy atom. The van der Waals surface area contributed by atoms with E-state index in [-0.39, 0.29) is 17.7 Å². The number of benzene rings is 3. The van der Waals surface area contributed by atoms with Crippen LogP contribution >= 0.6 is 0 Å². The van der Waals surface area contributed by atoms with E-state index >= 15 is 0 Å². The summed E-state index contributed by atoms with van der Waals surface area (Å²) in [6, 6.07) is 22.2. The number of anilines is 2. The highest BCUT2D eigenvalue weighted by atomic mass is 16.5. The maximum atomic E-state index is 11.6. The van der Waals surface area contributed by atoms with Crippen molar-refractivity contribution in [2.75, 3.05) is 17.3 Å². The standard InChI is InChI=1S/C23H24N2O3/c1-16(18-7-6-8-19(15-18)25(3)17(2)26)24-22-9-4-5-10-23(22)28-21-13-11-20(27)12-14-21/h4-16,24,27H,1-3H3. The molecule has 144 valence electrons. The molecule has 0 heterocycles. The second-order valence-corrected chi connectivity index (χ2v) is 6.63. The van der Waals surface area contributed by atoms with Crippen LogP contribution in [0.2, 0.25) is 0 Å². The Labute approximate surface area is 165 Å². The Morgan fingerprint density at radius 3 is 2.46 bits per heavy atom. The Morgan fingerprint density at radius 1 is 1.04 bits per heavy atom. The number of phenols is 1. The van der Waals surface area contributed by atoms with Crippen LogP contribution in [-0.2, 0) is 4.79 Å². The van der Waals surface area contributed by atoms with Gasteiger partial charge in [0.25, 0.3) is 0 Å². The number of nitrogens with one attached hydrogen (secondary N) is 1. The Kier molecular flexibility index (Phi) is 5.84. The number of aromatic hydroxyl groups is 1. The van der Waals surface area contributed by atoms with Gasteiger partial charge < -0.3 is 20.1 Å². The maximum Gasteiger partial charge on any atom is 0.223 e. The molecule has 0 saturated carbocycles. The van der Waals surface area contributed by atoms with Crippen LogP contribution in [0.3, 0.4) is 0 Å². The first-order valence-corrected chi connectivity index (χ1v) is 9.11. The second-order valence-electron chi connectivity index (χ2n) is 6.63. The van der Waals surface area contributed by atoms with Crippen LogP contribution in [-0.4, -0.2) is 18.1 Å². The lowest BCUT2D eigenvalue weighted by Gasteiger charge is -2.21. The molecule has 0 spiro atoms. The van der Waals surface area contributed by atoms with Crippen molar-refractivity contribution >= 4 is 17.3 Å². The van der Waals surface area contributed by atoms with E-state index < -0.39 is 0 Å². The number of hydrogen-bond acceptors (Lipinski definition) is 4. The summed E-state index contributed by atoms with van der Waals surface area (Å²) in [7, 11) is 1.76. The first-order valence-electron chi connectivity index (χ1n) is 9.11. The van der Waals surface area contributed by atoms with E-state index in [1.54, 1.807) is 43.1 Å². The van der Waals surface area contributed by atoms with Crippen LogP contribution in [0.4, 0.5) is 11.4 Å². The number of ether oxygens (including phenoxy) is 1. The number of carbonyl (C=O) groups excluding carboxylic acids is 1. The lowest BCUT2D eigenvalue weighted by molar-refractivity contribution is -0.116. The molecule has 0 aliphatic carbocycles. The van der Waals surface area contributed by atoms with Crippen molar-refractivity contribution in [2.24, 2.45) is 0 Å². The fraction of sp³-hybridized carbons (Fsp3) is 0.174. The minimum absolute atomic E-state index is 0.00451. The summed E-state index contributed by atoms with van der Waals surface area (Å²) in [6.45, 7) is 3.61. The molecule has 28 heavy (non-hydrogen) atoms. The van der Waals surface area contributed by atoms with E-state index in [0.717, 1.165) is 16.9 Å². The van der Waals surface area contributed by atoms with E-state index in [1.807, 2.05) is 48.5 Å². The SMILES string of the molecule is CC(=O)N(C)c1cccc(C(C)Nc2ccccc2Oc2ccc(O)cc2)c1. The number of amides is 1. The van der Waals surface area contributed by atoms with Crippen molar-refractivity contribution in [3.8, 4) is 17.2 Å². The van der Waals surface area contributed by atoms with Crippen molar-refractivity contribution in [1.29, 1.82) is 0 Å². The lowest BCUT2D eigenvalue weighted by atomic mass is 10.1. The largest absolute Gasteiger partial charge is 0.508 e. The Bertz CT molecular complexity index is 954. The highest BCUT2D eigenvalue weighted by Crippen LogP contribution is 2.33. The molecular formula is C23H24N2O3. The third-order valence-corrected chi connectivity index (χ3v) is 4.55. The molecule has 1 amide bonds. The smallest absolute Gasteiger partial charge is 0.223 e. The summed E-state index contributed by atoms with van der Waals surface area (Å²) in [4.78, 5) is 13.3. The highest BCUT2D eigenvalue weighted by Gasteiger charge is 2.12. The van der Waals surface area contributed by atoms with Gasteiger partial charge in [0.05, 0.1) is 5.69 Å². The van der Waals surface area contributed by atoms with E-state index in [0.29, 0.717) is 11.5 Å². The number of rotatable bonds is 6. The van der Waals surface area contributed by atoms with Gasteiger partial charge >= 0.3 is 0 Å². The molecule has 3 rings (SSSR count). The van der Waals surface area contributed by atoms with Crippen molar-refractivity contribution in [1.82, 2.24) is 0 Å². The summed E-state index contributed by atoms with van der Waals surface area (Å²) >= 11 is 0. The van der Waals surface area contributed by atoms with Crippen LogP contribution in [0.5, 0.6) is 17.2 Å². The molecule has 0 aromatic heterocycles. The number of phenolic OH excluding ortho intramolecular Hbond substituents is 1. The highest BCUT2D eigenvalue weighted by molar-refractivity contribution is 5.90. The number of carbonyl (C=O) groups is 1. The molecule has 2 N–H and O–H groups in total. The van der Waals surface area contributed by atoms with Crippen LogP contribution < -0.4 is 15.0 Å². The molecule has 0 fully saturated rings. The topological polar surface area (TPSA) is 61.8 Å². The molecule has 0 bridgehead atoms. The zero-order valence-electron chi connectivity index (χ0n) is 16.2. The average molecular weight is 376 g/mol. The van der Waals surface area contributed by atoms with Gasteiger partial charge in [0.15, 0.2) is 5.75 Å². The summed E-state index contributed by atoms with van der Waals surface area (Å²) in [6.07, 6.45) is 0. The van der Waals surface area contributed by atoms with E-state index in [4.69, 9.17) is 4.74 Å². The molecule has 0 aliphatic rings. The van der Waals surface area contributed by atoms with Gasteiger partial charge in [-0.1, -0.05) is 24.3 Å². The normalized spacial score (nSPS) is 11.5. The van der Waals surface area contributed by atoms with E-state index in [2.05, 4.69) is 12.2 Å². The molecule has 0 saturated heterocycles. The van der Waals surface area contributed by atoms with E-state index in [1.165, 1.54) is 0 Å². The predicted octanol–water partition coefficient (Wildman–Crippen LogP) is 5.34. The molecule has 1 unspecified atom stereocenters. The molecular weight excluding hydrogens is 352 g/mol. The fourth-order valence-electron chi connectivity index (χ4n) is 2.82. The van der Waals surface area contributed by atoms with Crippen molar-refractivity contribution < 1.29 is 14.6 Å². The molecule has 5 nitrogen and oxygen atoms in total. The maximum absolute atomic E-state index is 11.6. The monoisotopic (exact) mass is 376 g/mol. The first kappa shape index (κ1) is 19.3. The van der Waals surface area contributed by atoms with Gasteiger partial charge in [-0.2, -0.15) is 0 Å². The van der Waals surface area contributed by atoms with Gasteiger partial charge in [-0.15, -0.1) is 0 Å². The van der Waals surface area contributed by atoms with Gasteiger partial charge in [0.1, 0.15) is 11.5 Å². The van der Waals surface area contributed by atoms with Gasteiger partial charge in [0, 0.05) is 25.7 Å². The molecule has 0 aliphatic heterocycles. The third kappa shape index (κ3) is 4.62. The summed E-state index contributed by atoms with van der Waals surface area (Å²) in [5.41, 5.74) is 2.77. The molecule has 3 aromatic carbocycles. The van der Waals surface area contributed by atoms with Crippen LogP contribution in [0.15, 0.2) is 72.8 Å². The fourth-order valence-corrected chi connectivity index (χ4v) is 2.82. The van der Waals surface area contributed by atoms with E-state index in [9.17, 15) is 9.90 Å². The van der Waals surface area contributed by atoms with Crippen molar-refractivity contribution in [2.45, 2.75) is 19.9 Å². The number of nitrogens with zero attached hydrogens (tertiary/aromatic N) is 1. The lowest BCUT2D eigenvalue weighted by Crippen LogP contribution is -2.23. The molecule has 0 radical (unpaired) electrons. The average Bonchev–Trinajstić information content (AvgIpc) is 2.70. The van der Waals surface area contributed by atoms with Gasteiger partial charge in [-0.25, -0.2) is 0 Å². The van der Waals surface area contributed by atoms with Crippen LogP contribution in [0.1, 0.15) is 25.5 Å². The zero-order chi connectivity index (χ0) is 20.1.